The lowest BCUT2D eigenvalue weighted by atomic mass is 10.2. The molecule has 7 heteroatoms. The van der Waals surface area contributed by atoms with Crippen LogP contribution in [0.4, 0.5) is 10.5 Å². The summed E-state index contributed by atoms with van der Waals surface area (Å²) in [4.78, 5) is 21.7. The lowest BCUT2D eigenvalue weighted by Gasteiger charge is -2.10. The van der Waals surface area contributed by atoms with Crippen LogP contribution in [0.15, 0.2) is 22.7 Å². The molecule has 0 aliphatic heterocycles. The number of carbonyl (C=O) groups excluding carboxylic acids is 1. The van der Waals surface area contributed by atoms with Gasteiger partial charge in [-0.3, -0.25) is 0 Å². The van der Waals surface area contributed by atoms with Crippen molar-refractivity contribution in [1.82, 2.24) is 5.32 Å². The van der Waals surface area contributed by atoms with Gasteiger partial charge in [0.15, 0.2) is 0 Å². The number of benzene rings is 1. The van der Waals surface area contributed by atoms with Gasteiger partial charge in [0.1, 0.15) is 6.61 Å². The van der Waals surface area contributed by atoms with Crippen molar-refractivity contribution >= 4 is 33.6 Å². The van der Waals surface area contributed by atoms with Gasteiger partial charge in [-0.25, -0.2) is 9.59 Å². The number of carbonyl (C=O) groups is 2. The van der Waals surface area contributed by atoms with Gasteiger partial charge >= 0.3 is 12.0 Å². The summed E-state index contributed by atoms with van der Waals surface area (Å²) in [5.74, 6) is -1.03. The molecule has 0 aromatic heterocycles. The zero-order chi connectivity index (χ0) is 14.3. The van der Waals surface area contributed by atoms with Crippen molar-refractivity contribution < 1.29 is 19.4 Å². The van der Waals surface area contributed by atoms with Gasteiger partial charge in [0.2, 0.25) is 0 Å². The molecular formula is C12H15BrN2O4. The molecule has 0 saturated carbocycles. The lowest BCUT2D eigenvalue weighted by Crippen LogP contribution is -2.32. The number of hydrogen-bond donors (Lipinski definition) is 3. The van der Waals surface area contributed by atoms with Crippen LogP contribution in [0, 0.1) is 6.92 Å². The number of carboxylic acids is 1. The Labute approximate surface area is 119 Å². The summed E-state index contributed by atoms with van der Waals surface area (Å²) in [6.07, 6.45) is 0. The smallest absolute Gasteiger partial charge is 0.329 e. The van der Waals surface area contributed by atoms with Crippen molar-refractivity contribution in [2.24, 2.45) is 0 Å². The monoisotopic (exact) mass is 330 g/mol. The summed E-state index contributed by atoms with van der Waals surface area (Å²) >= 11 is 3.34. The van der Waals surface area contributed by atoms with Crippen LogP contribution < -0.4 is 10.6 Å². The Morgan fingerprint density at radius 2 is 2.16 bits per heavy atom. The minimum Gasteiger partial charge on any atom is -0.480 e. The van der Waals surface area contributed by atoms with Crippen molar-refractivity contribution in [1.29, 1.82) is 0 Å². The minimum absolute atomic E-state index is 0.152. The Bertz CT molecular complexity index is 465. The molecule has 104 valence electrons. The average Bonchev–Trinajstić information content (AvgIpc) is 2.32. The molecule has 19 heavy (non-hydrogen) atoms. The second kappa shape index (κ2) is 7.75. The molecule has 0 bridgehead atoms. The quantitative estimate of drug-likeness (QED) is 0.696. The van der Waals surface area contributed by atoms with Gasteiger partial charge in [0.25, 0.3) is 0 Å². The number of urea groups is 1. The highest BCUT2D eigenvalue weighted by Gasteiger charge is 2.04. The maximum Gasteiger partial charge on any atom is 0.329 e. The summed E-state index contributed by atoms with van der Waals surface area (Å²) < 4.78 is 5.73. The van der Waals surface area contributed by atoms with Gasteiger partial charge in [-0.15, -0.1) is 0 Å². The Morgan fingerprint density at radius 3 is 2.79 bits per heavy atom. The number of anilines is 1. The van der Waals surface area contributed by atoms with E-state index in [2.05, 4.69) is 26.6 Å². The highest BCUT2D eigenvalue weighted by Crippen LogP contribution is 2.19. The van der Waals surface area contributed by atoms with E-state index in [1.165, 1.54) is 0 Å². The first-order chi connectivity index (χ1) is 8.99. The molecule has 0 unspecified atom stereocenters. The van der Waals surface area contributed by atoms with E-state index >= 15 is 0 Å². The normalized spacial score (nSPS) is 10.0. The molecular weight excluding hydrogens is 316 g/mol. The average molecular weight is 331 g/mol. The van der Waals surface area contributed by atoms with Gasteiger partial charge in [-0.1, -0.05) is 15.9 Å². The number of hydrogen-bond acceptors (Lipinski definition) is 3. The summed E-state index contributed by atoms with van der Waals surface area (Å²) in [7, 11) is 0. The van der Waals surface area contributed by atoms with Crippen LogP contribution in [-0.4, -0.2) is 36.9 Å². The number of nitrogens with one attached hydrogen (secondary N) is 2. The van der Waals surface area contributed by atoms with Gasteiger partial charge in [-0.05, 0) is 30.7 Å². The number of rotatable bonds is 6. The molecule has 1 aromatic rings. The zero-order valence-electron chi connectivity index (χ0n) is 10.4. The Balaban J connectivity index is 2.29. The molecule has 1 aromatic carbocycles. The topological polar surface area (TPSA) is 87.7 Å². The fraction of sp³-hybridized carbons (Fsp3) is 0.333. The van der Waals surface area contributed by atoms with Gasteiger partial charge in [0, 0.05) is 16.7 Å². The summed E-state index contributed by atoms with van der Waals surface area (Å²) in [5.41, 5.74) is 1.65. The molecule has 1 rings (SSSR count). The first-order valence-electron chi connectivity index (χ1n) is 5.59. The van der Waals surface area contributed by atoms with Crippen LogP contribution in [0.25, 0.3) is 0 Å². The molecule has 2 amide bonds. The van der Waals surface area contributed by atoms with Crippen molar-refractivity contribution in [3.63, 3.8) is 0 Å². The summed E-state index contributed by atoms with van der Waals surface area (Å²) in [6, 6.07) is 5.16. The lowest BCUT2D eigenvalue weighted by molar-refractivity contribution is -0.142. The van der Waals surface area contributed by atoms with Crippen molar-refractivity contribution in [3.8, 4) is 0 Å². The molecule has 0 saturated heterocycles. The van der Waals surface area contributed by atoms with E-state index < -0.39 is 5.97 Å². The van der Waals surface area contributed by atoms with E-state index in [0.29, 0.717) is 5.69 Å². The Kier molecular flexibility index (Phi) is 6.31. The second-order valence-electron chi connectivity index (χ2n) is 3.79. The predicted octanol–water partition coefficient (Wildman–Crippen LogP) is 1.98. The number of aliphatic carboxylic acids is 1. The number of amides is 2. The van der Waals surface area contributed by atoms with Gasteiger partial charge in [-0.2, -0.15) is 0 Å². The van der Waals surface area contributed by atoms with Crippen molar-refractivity contribution in [2.45, 2.75) is 6.92 Å². The number of carboxylic acid groups (broad SMARTS) is 1. The first kappa shape index (κ1) is 15.5. The molecule has 0 atom stereocenters. The van der Waals surface area contributed by atoms with E-state index in [0.717, 1.165) is 10.0 Å². The van der Waals surface area contributed by atoms with Crippen LogP contribution in [0.1, 0.15) is 5.56 Å². The molecule has 6 nitrogen and oxygen atoms in total. The summed E-state index contributed by atoms with van der Waals surface area (Å²) in [6.45, 7) is 1.92. The molecule has 0 aliphatic rings. The third-order valence-electron chi connectivity index (χ3n) is 2.19. The van der Waals surface area contributed by atoms with E-state index in [4.69, 9.17) is 9.84 Å². The molecule has 0 radical (unpaired) electrons. The maximum absolute atomic E-state index is 11.5. The van der Waals surface area contributed by atoms with Crippen molar-refractivity contribution in [2.75, 3.05) is 25.1 Å². The third kappa shape index (κ3) is 6.21. The number of halogens is 1. The Morgan fingerprint density at radius 1 is 1.42 bits per heavy atom. The van der Waals surface area contributed by atoms with Gasteiger partial charge < -0.3 is 20.5 Å². The fourth-order valence-electron chi connectivity index (χ4n) is 1.33. The van der Waals surface area contributed by atoms with Crippen LogP contribution in [0.2, 0.25) is 0 Å². The first-order valence-corrected chi connectivity index (χ1v) is 6.39. The molecule has 3 N–H and O–H groups in total. The van der Waals surface area contributed by atoms with Crippen molar-refractivity contribution in [3.05, 3.63) is 28.2 Å². The molecule has 0 fully saturated rings. The largest absolute Gasteiger partial charge is 0.480 e. The van der Waals surface area contributed by atoms with Crippen LogP contribution in [0.3, 0.4) is 0 Å². The van der Waals surface area contributed by atoms with E-state index in [9.17, 15) is 9.59 Å². The van der Waals surface area contributed by atoms with E-state index in [1.807, 2.05) is 19.1 Å². The molecule has 0 aliphatic carbocycles. The predicted molar refractivity (Wildman–Crippen MR) is 74.4 cm³/mol. The highest BCUT2D eigenvalue weighted by atomic mass is 79.9. The zero-order valence-corrected chi connectivity index (χ0v) is 12.0. The number of aryl methyl sites for hydroxylation is 1. The SMILES string of the molecule is Cc1cc(Br)ccc1NC(=O)NCCOCC(=O)O. The highest BCUT2D eigenvalue weighted by molar-refractivity contribution is 9.10. The van der Waals surface area contributed by atoms with Crippen LogP contribution in [0.5, 0.6) is 0 Å². The standard InChI is InChI=1S/C12H15BrN2O4/c1-8-6-9(13)2-3-10(8)15-12(18)14-4-5-19-7-11(16)17/h2-3,6H,4-5,7H2,1H3,(H,16,17)(H2,14,15,18). The minimum atomic E-state index is -1.03. The maximum atomic E-state index is 11.5. The Hall–Kier alpha value is -1.60. The summed E-state index contributed by atoms with van der Waals surface area (Å²) in [5, 5.41) is 13.6. The van der Waals surface area contributed by atoms with Crippen LogP contribution >= 0.6 is 15.9 Å². The molecule has 0 heterocycles. The van der Waals surface area contributed by atoms with E-state index in [-0.39, 0.29) is 25.8 Å². The van der Waals surface area contributed by atoms with E-state index in [1.54, 1.807) is 6.07 Å². The van der Waals surface area contributed by atoms with Crippen LogP contribution in [-0.2, 0) is 9.53 Å². The van der Waals surface area contributed by atoms with Gasteiger partial charge in [0.05, 0.1) is 6.61 Å². The fourth-order valence-corrected chi connectivity index (χ4v) is 1.81. The second-order valence-corrected chi connectivity index (χ2v) is 4.70. The number of ether oxygens (including phenoxy) is 1. The third-order valence-corrected chi connectivity index (χ3v) is 2.69. The molecule has 0 spiro atoms.